The highest BCUT2D eigenvalue weighted by atomic mass is 35.5. The van der Waals surface area contributed by atoms with Gasteiger partial charge < -0.3 is 14.1 Å². The molecule has 1 aliphatic rings. The summed E-state index contributed by atoms with van der Waals surface area (Å²) in [5.41, 5.74) is 3.43. The number of methoxy groups -OCH3 is 1. The molecule has 206 valence electrons. The van der Waals surface area contributed by atoms with E-state index in [2.05, 4.69) is 0 Å². The number of hydrogen-bond donors (Lipinski definition) is 0. The first-order chi connectivity index (χ1) is 19.3. The van der Waals surface area contributed by atoms with Crippen LogP contribution in [0.15, 0.2) is 80.1 Å². The maximum atomic E-state index is 14.0. The van der Waals surface area contributed by atoms with E-state index in [4.69, 9.17) is 25.7 Å². The van der Waals surface area contributed by atoms with Crippen molar-refractivity contribution in [2.45, 2.75) is 33.7 Å². The number of aromatic nitrogens is 1. The predicted molar refractivity (Wildman–Crippen MR) is 159 cm³/mol. The van der Waals surface area contributed by atoms with Gasteiger partial charge in [-0.25, -0.2) is 4.99 Å². The second kappa shape index (κ2) is 11.3. The largest absolute Gasteiger partial charge is 0.496 e. The number of fused-ring (bicyclic) bond motifs is 1. The summed E-state index contributed by atoms with van der Waals surface area (Å²) >= 11 is 7.47. The summed E-state index contributed by atoms with van der Waals surface area (Å²) < 4.78 is 13.8. The van der Waals surface area contributed by atoms with Gasteiger partial charge in [0.15, 0.2) is 4.80 Å². The molecule has 40 heavy (non-hydrogen) atoms. The summed E-state index contributed by atoms with van der Waals surface area (Å²) in [4.78, 5) is 34.8. The molecular weight excluding hydrogens is 546 g/mol. The van der Waals surface area contributed by atoms with Crippen molar-refractivity contribution in [2.24, 2.45) is 4.99 Å². The Kier molecular flexibility index (Phi) is 7.83. The van der Waals surface area contributed by atoms with Crippen LogP contribution in [-0.2, 0) is 4.79 Å². The minimum absolute atomic E-state index is 0.149. The number of thiazole rings is 1. The number of aryl methyl sites for hydroxylation is 1. The van der Waals surface area contributed by atoms with Gasteiger partial charge >= 0.3 is 0 Å². The molecule has 0 unspecified atom stereocenters. The van der Waals surface area contributed by atoms with E-state index in [0.29, 0.717) is 56.0 Å². The molecule has 5 rings (SSSR count). The standard InChI is InChI=1S/C31H30ClN3O4S/c1-6-34(7-2)30(37)27-19(4)33-31-35(28(27)22-10-8-9-11-24(22)38-5)29(36)26(40-31)17-21-14-15-25(39-21)23-16-20(32)13-12-18(23)3/h8-17,28H,6-7H2,1-5H3/b26-17+/t28-/m1/s1. The number of nitrogens with zero attached hydrogens (tertiary/aromatic N) is 3. The van der Waals surface area contributed by atoms with E-state index < -0.39 is 6.04 Å². The van der Waals surface area contributed by atoms with Gasteiger partial charge in [-0.3, -0.25) is 14.2 Å². The molecule has 9 heteroatoms. The number of amides is 1. The molecule has 7 nitrogen and oxygen atoms in total. The Balaban J connectivity index is 1.68. The number of benzene rings is 2. The zero-order chi connectivity index (χ0) is 28.6. The summed E-state index contributed by atoms with van der Waals surface area (Å²) in [5.74, 6) is 1.63. The van der Waals surface area contributed by atoms with Gasteiger partial charge in [-0.15, -0.1) is 0 Å². The zero-order valence-corrected chi connectivity index (χ0v) is 24.6. The second-order valence-corrected chi connectivity index (χ2v) is 10.9. The molecule has 1 aliphatic heterocycles. The Labute approximate surface area is 241 Å². The molecule has 0 spiro atoms. The van der Waals surface area contributed by atoms with Crippen LogP contribution in [0.2, 0.25) is 5.02 Å². The molecule has 1 amide bonds. The van der Waals surface area contributed by atoms with E-state index in [9.17, 15) is 9.59 Å². The lowest BCUT2D eigenvalue weighted by Crippen LogP contribution is -2.43. The first kappa shape index (κ1) is 27.7. The number of ether oxygens (including phenoxy) is 1. The average molecular weight is 576 g/mol. The number of para-hydroxylation sites is 1. The van der Waals surface area contributed by atoms with Gasteiger partial charge in [-0.2, -0.15) is 0 Å². The number of carbonyl (C=O) groups is 1. The fraction of sp³-hybridized carbons (Fsp3) is 0.258. The van der Waals surface area contributed by atoms with Gasteiger partial charge in [-0.05, 0) is 63.6 Å². The van der Waals surface area contributed by atoms with Crippen molar-refractivity contribution in [2.75, 3.05) is 20.2 Å². The summed E-state index contributed by atoms with van der Waals surface area (Å²) in [6.45, 7) is 8.77. The van der Waals surface area contributed by atoms with Crippen molar-refractivity contribution in [3.05, 3.63) is 107 Å². The van der Waals surface area contributed by atoms with Crippen LogP contribution in [0, 0.1) is 6.92 Å². The lowest BCUT2D eigenvalue weighted by atomic mass is 9.94. The van der Waals surface area contributed by atoms with Crippen LogP contribution in [0.3, 0.4) is 0 Å². The van der Waals surface area contributed by atoms with Crippen LogP contribution in [0.5, 0.6) is 5.75 Å². The van der Waals surface area contributed by atoms with E-state index in [0.717, 1.165) is 16.7 Å². The molecule has 3 heterocycles. The predicted octanol–water partition coefficient (Wildman–Crippen LogP) is 5.33. The average Bonchev–Trinajstić information content (AvgIpc) is 3.54. The number of allylic oxidation sites excluding steroid dienone is 1. The number of furan rings is 1. The second-order valence-electron chi connectivity index (χ2n) is 9.46. The van der Waals surface area contributed by atoms with Crippen LogP contribution in [0.4, 0.5) is 0 Å². The number of halogens is 1. The van der Waals surface area contributed by atoms with E-state index in [1.54, 1.807) is 22.7 Å². The monoisotopic (exact) mass is 575 g/mol. The lowest BCUT2D eigenvalue weighted by molar-refractivity contribution is -0.127. The smallest absolute Gasteiger partial charge is 0.271 e. The molecule has 2 aromatic heterocycles. The number of likely N-dealkylation sites (N-methyl/N-ethyl adjacent to an activating group) is 1. The van der Waals surface area contributed by atoms with Crippen LogP contribution >= 0.6 is 22.9 Å². The summed E-state index contributed by atoms with van der Waals surface area (Å²) in [5, 5.41) is 0.619. The van der Waals surface area contributed by atoms with Crippen LogP contribution < -0.4 is 19.6 Å². The maximum Gasteiger partial charge on any atom is 0.271 e. The van der Waals surface area contributed by atoms with Crippen molar-refractivity contribution in [1.29, 1.82) is 0 Å². The molecule has 0 fully saturated rings. The fourth-order valence-corrected chi connectivity index (χ4v) is 6.23. The van der Waals surface area contributed by atoms with Gasteiger partial charge in [0.2, 0.25) is 0 Å². The van der Waals surface area contributed by atoms with Gasteiger partial charge in [0.05, 0.1) is 22.9 Å². The number of rotatable bonds is 7. The van der Waals surface area contributed by atoms with Gasteiger partial charge in [-0.1, -0.05) is 47.2 Å². The SMILES string of the molecule is CCN(CC)C(=O)C1=C(C)N=c2s/c(=C/c3ccc(-c4cc(Cl)ccc4C)o3)c(=O)n2[C@@H]1c1ccccc1OC. The minimum atomic E-state index is -0.691. The van der Waals surface area contributed by atoms with Crippen molar-refractivity contribution in [1.82, 2.24) is 9.47 Å². The van der Waals surface area contributed by atoms with Crippen LogP contribution in [0.1, 0.15) is 43.7 Å². The number of hydrogen-bond acceptors (Lipinski definition) is 6. The molecule has 0 saturated carbocycles. The Morgan fingerprint density at radius 3 is 2.62 bits per heavy atom. The Morgan fingerprint density at radius 1 is 1.15 bits per heavy atom. The maximum absolute atomic E-state index is 14.0. The summed E-state index contributed by atoms with van der Waals surface area (Å²) in [7, 11) is 1.58. The molecular formula is C31H30ClN3O4S. The zero-order valence-electron chi connectivity index (χ0n) is 23.0. The minimum Gasteiger partial charge on any atom is -0.496 e. The molecule has 4 aromatic rings. The van der Waals surface area contributed by atoms with Crippen molar-refractivity contribution in [3.8, 4) is 17.1 Å². The van der Waals surface area contributed by atoms with Crippen molar-refractivity contribution >= 4 is 34.9 Å². The van der Waals surface area contributed by atoms with E-state index >= 15 is 0 Å². The third-order valence-corrected chi connectivity index (χ3v) is 8.32. The molecule has 0 N–H and O–H groups in total. The van der Waals surface area contributed by atoms with Gasteiger partial charge in [0.25, 0.3) is 11.5 Å². The Hall–Kier alpha value is -3.88. The Bertz CT molecular complexity index is 1810. The quantitative estimate of drug-likeness (QED) is 0.298. The molecule has 0 aliphatic carbocycles. The third-order valence-electron chi connectivity index (χ3n) is 7.10. The van der Waals surface area contributed by atoms with Gasteiger partial charge in [0.1, 0.15) is 23.3 Å². The van der Waals surface area contributed by atoms with Crippen molar-refractivity contribution < 1.29 is 13.9 Å². The molecule has 1 atom stereocenters. The fourth-order valence-electron chi connectivity index (χ4n) is 5.03. The normalized spacial score (nSPS) is 15.2. The highest BCUT2D eigenvalue weighted by Crippen LogP contribution is 2.36. The lowest BCUT2D eigenvalue weighted by Gasteiger charge is -2.29. The third kappa shape index (κ3) is 4.93. The van der Waals surface area contributed by atoms with Gasteiger partial charge in [0, 0.05) is 35.3 Å². The highest BCUT2D eigenvalue weighted by Gasteiger charge is 2.35. The van der Waals surface area contributed by atoms with Crippen LogP contribution in [-0.4, -0.2) is 35.6 Å². The summed E-state index contributed by atoms with van der Waals surface area (Å²) in [6, 6.07) is 16.1. The topological polar surface area (TPSA) is 77.0 Å². The van der Waals surface area contributed by atoms with E-state index in [1.165, 1.54) is 11.3 Å². The first-order valence-corrected chi connectivity index (χ1v) is 14.3. The van der Waals surface area contributed by atoms with E-state index in [-0.39, 0.29) is 11.5 Å². The molecule has 0 bridgehead atoms. The summed E-state index contributed by atoms with van der Waals surface area (Å²) in [6.07, 6.45) is 1.72. The highest BCUT2D eigenvalue weighted by molar-refractivity contribution is 7.07. The number of carbonyl (C=O) groups excluding carboxylic acids is 1. The molecule has 0 radical (unpaired) electrons. The molecule has 2 aromatic carbocycles. The Morgan fingerprint density at radius 2 is 1.90 bits per heavy atom. The van der Waals surface area contributed by atoms with Crippen LogP contribution in [0.25, 0.3) is 17.4 Å². The van der Waals surface area contributed by atoms with E-state index in [1.807, 2.05) is 82.3 Å². The first-order valence-electron chi connectivity index (χ1n) is 13.1. The molecule has 0 saturated heterocycles. The van der Waals surface area contributed by atoms with Crippen molar-refractivity contribution in [3.63, 3.8) is 0 Å².